The highest BCUT2D eigenvalue weighted by molar-refractivity contribution is 9.10. The summed E-state index contributed by atoms with van der Waals surface area (Å²) in [7, 11) is 0. The van der Waals surface area contributed by atoms with Crippen molar-refractivity contribution in [1.29, 1.82) is 0 Å². The van der Waals surface area contributed by atoms with Crippen LogP contribution in [0.3, 0.4) is 0 Å². The fraction of sp³-hybridized carbons (Fsp3) is 0.0714. The van der Waals surface area contributed by atoms with Gasteiger partial charge in [-0.15, -0.1) is 0 Å². The molecule has 2 aromatic rings. The van der Waals surface area contributed by atoms with Crippen molar-refractivity contribution in [3.8, 4) is 0 Å². The van der Waals surface area contributed by atoms with E-state index < -0.39 is 5.97 Å². The summed E-state index contributed by atoms with van der Waals surface area (Å²) in [6.07, 6.45) is 0. The zero-order valence-corrected chi connectivity index (χ0v) is 12.2. The number of rotatable bonds is 4. The number of anilines is 1. The SMILES string of the molecule is O=C(O)c1cccc(NCc2ccc(Br)cc2Cl)c1. The first-order chi connectivity index (χ1) is 9.06. The van der Waals surface area contributed by atoms with Gasteiger partial charge in [-0.05, 0) is 35.9 Å². The number of benzene rings is 2. The van der Waals surface area contributed by atoms with Gasteiger partial charge in [0, 0.05) is 21.7 Å². The molecule has 0 fully saturated rings. The van der Waals surface area contributed by atoms with Crippen LogP contribution in [0.25, 0.3) is 0 Å². The molecule has 0 radical (unpaired) electrons. The molecule has 0 aliphatic rings. The maximum Gasteiger partial charge on any atom is 0.335 e. The maximum absolute atomic E-state index is 10.9. The Morgan fingerprint density at radius 2 is 2.05 bits per heavy atom. The van der Waals surface area contributed by atoms with E-state index in [2.05, 4.69) is 21.2 Å². The molecule has 0 atom stereocenters. The average Bonchev–Trinajstić information content (AvgIpc) is 2.38. The van der Waals surface area contributed by atoms with Crippen molar-refractivity contribution >= 4 is 39.2 Å². The summed E-state index contributed by atoms with van der Waals surface area (Å²) in [5, 5.41) is 12.7. The summed E-state index contributed by atoms with van der Waals surface area (Å²) < 4.78 is 0.925. The topological polar surface area (TPSA) is 49.3 Å². The number of carboxylic acids is 1. The third kappa shape index (κ3) is 3.72. The van der Waals surface area contributed by atoms with Crippen molar-refractivity contribution in [3.63, 3.8) is 0 Å². The lowest BCUT2D eigenvalue weighted by atomic mass is 10.2. The zero-order valence-electron chi connectivity index (χ0n) is 9.86. The van der Waals surface area contributed by atoms with E-state index >= 15 is 0 Å². The summed E-state index contributed by atoms with van der Waals surface area (Å²) >= 11 is 9.46. The molecular formula is C14H11BrClNO2. The lowest BCUT2D eigenvalue weighted by Gasteiger charge is -2.09. The lowest BCUT2D eigenvalue weighted by Crippen LogP contribution is -2.02. The van der Waals surface area contributed by atoms with Crippen LogP contribution >= 0.6 is 27.5 Å². The predicted octanol–water partition coefficient (Wildman–Crippen LogP) is 4.41. The fourth-order valence-corrected chi connectivity index (χ4v) is 2.36. The fourth-order valence-electron chi connectivity index (χ4n) is 1.62. The Bertz CT molecular complexity index is 616. The minimum atomic E-state index is -0.940. The van der Waals surface area contributed by atoms with Gasteiger partial charge in [0.05, 0.1) is 5.56 Å². The minimum Gasteiger partial charge on any atom is -0.478 e. The van der Waals surface area contributed by atoms with Crippen LogP contribution < -0.4 is 5.32 Å². The Kier molecular flexibility index (Phi) is 4.45. The summed E-state index contributed by atoms with van der Waals surface area (Å²) in [6, 6.07) is 12.3. The summed E-state index contributed by atoms with van der Waals surface area (Å²) in [5.41, 5.74) is 1.95. The van der Waals surface area contributed by atoms with E-state index in [1.807, 2.05) is 24.3 Å². The molecule has 2 aromatic carbocycles. The smallest absolute Gasteiger partial charge is 0.335 e. The number of nitrogens with one attached hydrogen (secondary N) is 1. The Balaban J connectivity index is 2.10. The molecule has 0 amide bonds. The van der Waals surface area contributed by atoms with Crippen LogP contribution in [0.2, 0.25) is 5.02 Å². The van der Waals surface area contributed by atoms with E-state index in [0.29, 0.717) is 11.6 Å². The summed E-state index contributed by atoms with van der Waals surface area (Å²) in [5.74, 6) is -0.940. The van der Waals surface area contributed by atoms with Gasteiger partial charge in [0.25, 0.3) is 0 Å². The lowest BCUT2D eigenvalue weighted by molar-refractivity contribution is 0.0697. The summed E-state index contributed by atoms with van der Waals surface area (Å²) in [6.45, 7) is 0.537. The van der Waals surface area contributed by atoms with Gasteiger partial charge in [0.2, 0.25) is 0 Å². The molecule has 19 heavy (non-hydrogen) atoms. The normalized spacial score (nSPS) is 10.2. The monoisotopic (exact) mass is 339 g/mol. The Labute approximate surface area is 124 Å². The molecule has 0 saturated carbocycles. The molecular weight excluding hydrogens is 330 g/mol. The molecule has 3 nitrogen and oxygen atoms in total. The van der Waals surface area contributed by atoms with Crippen LogP contribution in [0.5, 0.6) is 0 Å². The van der Waals surface area contributed by atoms with Crippen LogP contribution in [0, 0.1) is 0 Å². The molecule has 98 valence electrons. The molecule has 2 N–H and O–H groups in total. The first-order valence-electron chi connectivity index (χ1n) is 5.57. The Morgan fingerprint density at radius 1 is 1.26 bits per heavy atom. The molecule has 2 rings (SSSR count). The van der Waals surface area contributed by atoms with E-state index in [-0.39, 0.29) is 5.56 Å². The highest BCUT2D eigenvalue weighted by atomic mass is 79.9. The van der Waals surface area contributed by atoms with Gasteiger partial charge in [-0.25, -0.2) is 4.79 Å². The maximum atomic E-state index is 10.9. The third-order valence-corrected chi connectivity index (χ3v) is 3.45. The minimum absolute atomic E-state index is 0.256. The first-order valence-corrected chi connectivity index (χ1v) is 6.74. The number of halogens is 2. The van der Waals surface area contributed by atoms with Gasteiger partial charge in [-0.1, -0.05) is 39.7 Å². The van der Waals surface area contributed by atoms with Crippen LogP contribution in [0.1, 0.15) is 15.9 Å². The van der Waals surface area contributed by atoms with E-state index in [0.717, 1.165) is 15.7 Å². The number of hydrogen-bond acceptors (Lipinski definition) is 2. The molecule has 0 aromatic heterocycles. The molecule has 0 aliphatic heterocycles. The third-order valence-electron chi connectivity index (χ3n) is 2.61. The van der Waals surface area contributed by atoms with Crippen molar-refractivity contribution < 1.29 is 9.90 Å². The average molecular weight is 341 g/mol. The van der Waals surface area contributed by atoms with Crippen LogP contribution in [-0.4, -0.2) is 11.1 Å². The highest BCUT2D eigenvalue weighted by Crippen LogP contribution is 2.22. The Hall–Kier alpha value is -1.52. The number of carboxylic acid groups (broad SMARTS) is 1. The quantitative estimate of drug-likeness (QED) is 0.866. The van der Waals surface area contributed by atoms with E-state index in [1.54, 1.807) is 18.2 Å². The predicted molar refractivity (Wildman–Crippen MR) is 79.9 cm³/mol. The number of hydrogen-bond donors (Lipinski definition) is 2. The second kappa shape index (κ2) is 6.08. The van der Waals surface area contributed by atoms with Crippen molar-refractivity contribution in [1.82, 2.24) is 0 Å². The van der Waals surface area contributed by atoms with Crippen LogP contribution in [0.15, 0.2) is 46.9 Å². The highest BCUT2D eigenvalue weighted by Gasteiger charge is 2.04. The molecule has 0 aliphatic carbocycles. The van der Waals surface area contributed by atoms with Crippen molar-refractivity contribution in [2.75, 3.05) is 5.32 Å². The molecule has 0 bridgehead atoms. The zero-order chi connectivity index (χ0) is 13.8. The van der Waals surface area contributed by atoms with E-state index in [1.165, 1.54) is 0 Å². The largest absolute Gasteiger partial charge is 0.478 e. The molecule has 0 spiro atoms. The molecule has 0 unspecified atom stereocenters. The van der Waals surface area contributed by atoms with Crippen LogP contribution in [-0.2, 0) is 6.54 Å². The Morgan fingerprint density at radius 3 is 2.74 bits per heavy atom. The molecule has 5 heteroatoms. The standard InChI is InChI=1S/C14H11BrClNO2/c15-11-5-4-10(13(16)7-11)8-17-12-3-1-2-9(6-12)14(18)19/h1-7,17H,8H2,(H,18,19). The molecule has 0 heterocycles. The second-order valence-corrected chi connectivity index (χ2v) is 5.30. The van der Waals surface area contributed by atoms with Gasteiger partial charge in [0.1, 0.15) is 0 Å². The van der Waals surface area contributed by atoms with Crippen molar-refractivity contribution in [2.45, 2.75) is 6.54 Å². The van der Waals surface area contributed by atoms with Gasteiger partial charge in [-0.3, -0.25) is 0 Å². The number of carbonyl (C=O) groups is 1. The van der Waals surface area contributed by atoms with Gasteiger partial charge < -0.3 is 10.4 Å². The van der Waals surface area contributed by atoms with Crippen molar-refractivity contribution in [3.05, 3.63) is 63.1 Å². The second-order valence-electron chi connectivity index (χ2n) is 3.98. The number of aromatic carboxylic acids is 1. The first kappa shape index (κ1) is 13.9. The van der Waals surface area contributed by atoms with Gasteiger partial charge >= 0.3 is 5.97 Å². The molecule has 0 saturated heterocycles. The van der Waals surface area contributed by atoms with Gasteiger partial charge in [0.15, 0.2) is 0 Å². The van der Waals surface area contributed by atoms with Gasteiger partial charge in [-0.2, -0.15) is 0 Å². The van der Waals surface area contributed by atoms with E-state index in [4.69, 9.17) is 16.7 Å². The van der Waals surface area contributed by atoms with Crippen molar-refractivity contribution in [2.24, 2.45) is 0 Å². The van der Waals surface area contributed by atoms with E-state index in [9.17, 15) is 4.79 Å². The van der Waals surface area contributed by atoms with Crippen LogP contribution in [0.4, 0.5) is 5.69 Å². The summed E-state index contributed by atoms with van der Waals surface area (Å²) in [4.78, 5) is 10.9.